The van der Waals surface area contributed by atoms with E-state index in [-0.39, 0.29) is 12.7 Å². The normalized spacial score (nSPS) is 11.7. The van der Waals surface area contributed by atoms with Crippen molar-refractivity contribution >= 4 is 11.6 Å². The summed E-state index contributed by atoms with van der Waals surface area (Å²) < 4.78 is 21.7. The molecule has 1 aliphatic rings. The Morgan fingerprint density at radius 1 is 0.879 bits per heavy atom. The Morgan fingerprint density at radius 2 is 1.67 bits per heavy atom. The standard InChI is InChI=1S/C25H19N3O5/c1-30-20-4-2-3-5-22(20)33-24-13-11-19(27-28-24)16-6-8-17(9-7-16)25(29)26-18-10-12-21-23(14-18)32-15-31-21/h2-14H,15H2,1H3,(H,26,29). The molecule has 1 amide bonds. The molecule has 164 valence electrons. The van der Waals surface area contributed by atoms with Crippen LogP contribution in [0.15, 0.2) is 78.9 Å². The Labute approximate surface area is 189 Å². The molecule has 1 aromatic heterocycles. The fourth-order valence-electron chi connectivity index (χ4n) is 3.31. The van der Waals surface area contributed by atoms with Crippen LogP contribution in [-0.4, -0.2) is 30.0 Å². The molecular weight excluding hydrogens is 422 g/mol. The summed E-state index contributed by atoms with van der Waals surface area (Å²) in [4.78, 5) is 12.6. The lowest BCUT2D eigenvalue weighted by molar-refractivity contribution is 0.102. The summed E-state index contributed by atoms with van der Waals surface area (Å²) in [7, 11) is 1.58. The van der Waals surface area contributed by atoms with Crippen LogP contribution >= 0.6 is 0 Å². The van der Waals surface area contributed by atoms with Crippen LogP contribution in [-0.2, 0) is 0 Å². The van der Waals surface area contributed by atoms with E-state index in [0.717, 1.165) is 5.56 Å². The van der Waals surface area contributed by atoms with E-state index in [4.69, 9.17) is 18.9 Å². The van der Waals surface area contributed by atoms with Gasteiger partial charge in [0.05, 0.1) is 12.8 Å². The highest BCUT2D eigenvalue weighted by Crippen LogP contribution is 2.34. The molecule has 0 fully saturated rings. The fraction of sp³-hybridized carbons (Fsp3) is 0.0800. The Kier molecular flexibility index (Phi) is 5.47. The lowest BCUT2D eigenvalue weighted by Crippen LogP contribution is -2.11. The van der Waals surface area contributed by atoms with Crippen molar-refractivity contribution in [3.8, 4) is 40.1 Å². The third kappa shape index (κ3) is 4.40. The number of anilines is 1. The third-order valence-electron chi connectivity index (χ3n) is 5.00. The van der Waals surface area contributed by atoms with E-state index in [0.29, 0.717) is 45.8 Å². The fourth-order valence-corrected chi connectivity index (χ4v) is 3.31. The molecule has 0 spiro atoms. The number of hydrogen-bond acceptors (Lipinski definition) is 7. The second-order valence-corrected chi connectivity index (χ2v) is 7.11. The van der Waals surface area contributed by atoms with Gasteiger partial charge in [0, 0.05) is 28.9 Å². The van der Waals surface area contributed by atoms with Gasteiger partial charge in [0.15, 0.2) is 23.0 Å². The quantitative estimate of drug-likeness (QED) is 0.454. The number of ether oxygens (including phenoxy) is 4. The number of nitrogens with one attached hydrogen (secondary N) is 1. The van der Waals surface area contributed by atoms with E-state index in [1.807, 2.05) is 24.3 Å². The second kappa shape index (κ2) is 8.88. The monoisotopic (exact) mass is 441 g/mol. The lowest BCUT2D eigenvalue weighted by atomic mass is 10.1. The summed E-state index contributed by atoms with van der Waals surface area (Å²) in [5, 5.41) is 11.2. The van der Waals surface area contributed by atoms with Gasteiger partial charge in [-0.3, -0.25) is 4.79 Å². The molecule has 33 heavy (non-hydrogen) atoms. The summed E-state index contributed by atoms with van der Waals surface area (Å²) in [5.74, 6) is 2.56. The molecule has 0 radical (unpaired) electrons. The second-order valence-electron chi connectivity index (χ2n) is 7.11. The predicted molar refractivity (Wildman–Crippen MR) is 121 cm³/mol. The SMILES string of the molecule is COc1ccccc1Oc1ccc(-c2ccc(C(=O)Nc3ccc4c(c3)OCO4)cc2)nn1. The summed E-state index contributed by atoms with van der Waals surface area (Å²) >= 11 is 0. The van der Waals surface area contributed by atoms with E-state index < -0.39 is 0 Å². The number of nitrogens with zero attached hydrogens (tertiary/aromatic N) is 2. The van der Waals surface area contributed by atoms with Crippen molar-refractivity contribution in [3.05, 3.63) is 84.4 Å². The van der Waals surface area contributed by atoms with Gasteiger partial charge in [-0.25, -0.2) is 0 Å². The molecule has 8 nitrogen and oxygen atoms in total. The van der Waals surface area contributed by atoms with Crippen LogP contribution in [0.5, 0.6) is 28.9 Å². The van der Waals surface area contributed by atoms with E-state index in [1.54, 1.807) is 61.7 Å². The van der Waals surface area contributed by atoms with Crippen molar-refractivity contribution in [3.63, 3.8) is 0 Å². The zero-order valence-corrected chi connectivity index (χ0v) is 17.6. The van der Waals surface area contributed by atoms with Crippen LogP contribution in [0, 0.1) is 0 Å². The van der Waals surface area contributed by atoms with Crippen LogP contribution in [0.3, 0.4) is 0 Å². The summed E-state index contributed by atoms with van der Waals surface area (Å²) in [5.41, 5.74) is 2.63. The number of rotatable bonds is 6. The first-order valence-electron chi connectivity index (χ1n) is 10.2. The maximum atomic E-state index is 12.6. The Morgan fingerprint density at radius 3 is 2.42 bits per heavy atom. The smallest absolute Gasteiger partial charge is 0.255 e. The average molecular weight is 441 g/mol. The van der Waals surface area contributed by atoms with Crippen LogP contribution in [0.4, 0.5) is 5.69 Å². The maximum absolute atomic E-state index is 12.6. The number of benzene rings is 3. The molecule has 0 saturated carbocycles. The molecule has 1 N–H and O–H groups in total. The maximum Gasteiger partial charge on any atom is 0.255 e. The first-order chi connectivity index (χ1) is 16.2. The number of carbonyl (C=O) groups is 1. The van der Waals surface area contributed by atoms with Gasteiger partial charge in [-0.15, -0.1) is 10.2 Å². The van der Waals surface area contributed by atoms with Crippen molar-refractivity contribution in [2.24, 2.45) is 0 Å². The van der Waals surface area contributed by atoms with Crippen LogP contribution < -0.4 is 24.3 Å². The van der Waals surface area contributed by atoms with Crippen molar-refractivity contribution in [2.75, 3.05) is 19.2 Å². The molecule has 0 unspecified atom stereocenters. The van der Waals surface area contributed by atoms with Crippen molar-refractivity contribution in [2.45, 2.75) is 0 Å². The number of aromatic nitrogens is 2. The molecule has 8 heteroatoms. The molecule has 3 aromatic carbocycles. The number of fused-ring (bicyclic) bond motifs is 1. The highest BCUT2D eigenvalue weighted by atomic mass is 16.7. The molecule has 5 rings (SSSR count). The van der Waals surface area contributed by atoms with Gasteiger partial charge >= 0.3 is 0 Å². The summed E-state index contributed by atoms with van der Waals surface area (Å²) in [6, 6.07) is 23.2. The summed E-state index contributed by atoms with van der Waals surface area (Å²) in [6.45, 7) is 0.185. The number of para-hydroxylation sites is 2. The van der Waals surface area contributed by atoms with Crippen molar-refractivity contribution in [1.82, 2.24) is 10.2 Å². The van der Waals surface area contributed by atoms with Gasteiger partial charge in [0.2, 0.25) is 12.7 Å². The minimum atomic E-state index is -0.230. The first-order valence-corrected chi connectivity index (χ1v) is 10.2. The van der Waals surface area contributed by atoms with E-state index in [1.165, 1.54) is 0 Å². The predicted octanol–water partition coefficient (Wildman–Crippen LogP) is 4.93. The number of methoxy groups -OCH3 is 1. The van der Waals surface area contributed by atoms with E-state index >= 15 is 0 Å². The first kappa shape index (κ1) is 20.3. The van der Waals surface area contributed by atoms with Gasteiger partial charge in [-0.05, 0) is 42.5 Å². The van der Waals surface area contributed by atoms with E-state index in [2.05, 4.69) is 15.5 Å². The topological polar surface area (TPSA) is 91.8 Å². The number of hydrogen-bond donors (Lipinski definition) is 1. The molecule has 1 aliphatic heterocycles. The largest absolute Gasteiger partial charge is 0.493 e. The van der Waals surface area contributed by atoms with E-state index in [9.17, 15) is 4.79 Å². The summed E-state index contributed by atoms with van der Waals surface area (Å²) in [6.07, 6.45) is 0. The Balaban J connectivity index is 1.25. The molecule has 4 aromatic rings. The third-order valence-corrected chi connectivity index (χ3v) is 5.00. The lowest BCUT2D eigenvalue weighted by Gasteiger charge is -2.09. The minimum absolute atomic E-state index is 0.185. The van der Waals surface area contributed by atoms with Crippen LogP contribution in [0.25, 0.3) is 11.3 Å². The average Bonchev–Trinajstić information content (AvgIpc) is 3.33. The molecule has 2 heterocycles. The van der Waals surface area contributed by atoms with Gasteiger partial charge in [-0.1, -0.05) is 24.3 Å². The molecule has 0 atom stereocenters. The Bertz CT molecular complexity index is 1290. The number of carbonyl (C=O) groups excluding carboxylic acids is 1. The molecule has 0 saturated heterocycles. The highest BCUT2D eigenvalue weighted by Gasteiger charge is 2.15. The molecular formula is C25H19N3O5. The Hall–Kier alpha value is -4.59. The number of amides is 1. The zero-order valence-electron chi connectivity index (χ0n) is 17.6. The van der Waals surface area contributed by atoms with Crippen LogP contribution in [0.1, 0.15) is 10.4 Å². The van der Waals surface area contributed by atoms with Crippen LogP contribution in [0.2, 0.25) is 0 Å². The van der Waals surface area contributed by atoms with Gasteiger partial charge in [0.1, 0.15) is 0 Å². The molecule has 0 bridgehead atoms. The highest BCUT2D eigenvalue weighted by molar-refractivity contribution is 6.04. The van der Waals surface area contributed by atoms with Gasteiger partial charge < -0.3 is 24.3 Å². The molecule has 0 aliphatic carbocycles. The van der Waals surface area contributed by atoms with Crippen molar-refractivity contribution in [1.29, 1.82) is 0 Å². The van der Waals surface area contributed by atoms with Crippen molar-refractivity contribution < 1.29 is 23.7 Å². The zero-order chi connectivity index (χ0) is 22.6. The van der Waals surface area contributed by atoms with Gasteiger partial charge in [0.25, 0.3) is 5.91 Å². The minimum Gasteiger partial charge on any atom is -0.493 e. The van der Waals surface area contributed by atoms with Gasteiger partial charge in [-0.2, -0.15) is 0 Å².